The number of carbonyl (C=O) groups excluding carboxylic acids is 2. The molecule has 2 amide bonds. The summed E-state index contributed by atoms with van der Waals surface area (Å²) in [4.78, 5) is 47.3. The topological polar surface area (TPSA) is 145 Å². The lowest BCUT2D eigenvalue weighted by Gasteiger charge is -2.22. The molecule has 0 fully saturated rings. The first-order valence-electron chi connectivity index (χ1n) is 17.8. The van der Waals surface area contributed by atoms with Crippen molar-refractivity contribution in [2.24, 2.45) is 4.99 Å². The van der Waals surface area contributed by atoms with E-state index in [9.17, 15) is 19.7 Å². The fraction of sp³-hybridized carbons (Fsp3) is 0.214. The highest BCUT2D eigenvalue weighted by Crippen LogP contribution is 2.42. The number of nitro benzene ring substituents is 1. The van der Waals surface area contributed by atoms with Gasteiger partial charge in [0.25, 0.3) is 17.5 Å². The Labute approximate surface area is 316 Å². The van der Waals surface area contributed by atoms with Crippen molar-refractivity contribution in [2.45, 2.75) is 32.1 Å². The first-order valence-corrected chi connectivity index (χ1v) is 17.8. The number of hydrogen-bond acceptors (Lipinski definition) is 10. The summed E-state index contributed by atoms with van der Waals surface area (Å²) in [5, 5.41) is 15.1. The van der Waals surface area contributed by atoms with Gasteiger partial charge in [-0.3, -0.25) is 29.6 Å². The van der Waals surface area contributed by atoms with Crippen LogP contribution in [0.25, 0.3) is 0 Å². The molecule has 0 spiro atoms. The summed E-state index contributed by atoms with van der Waals surface area (Å²) >= 11 is 0. The van der Waals surface area contributed by atoms with Crippen molar-refractivity contribution in [3.05, 3.63) is 134 Å². The highest BCUT2D eigenvalue weighted by molar-refractivity contribution is 6.15. The molecule has 3 aliphatic rings. The van der Waals surface area contributed by atoms with E-state index in [-0.39, 0.29) is 36.8 Å². The lowest BCUT2D eigenvalue weighted by atomic mass is 10.1. The average Bonchev–Trinajstić information content (AvgIpc) is 3.78. The summed E-state index contributed by atoms with van der Waals surface area (Å²) in [5.41, 5.74) is 6.62. The molecule has 1 atom stereocenters. The van der Waals surface area contributed by atoms with Crippen molar-refractivity contribution in [3.63, 3.8) is 0 Å². The van der Waals surface area contributed by atoms with E-state index in [0.29, 0.717) is 69.6 Å². The zero-order chi connectivity index (χ0) is 38.2. The maximum atomic E-state index is 13.8. The van der Waals surface area contributed by atoms with Crippen molar-refractivity contribution in [1.82, 2.24) is 0 Å². The maximum Gasteiger partial charge on any atom is 0.270 e. The fourth-order valence-electron chi connectivity index (χ4n) is 7.44. The van der Waals surface area contributed by atoms with Crippen molar-refractivity contribution >= 4 is 46.5 Å². The third-order valence-electron chi connectivity index (χ3n) is 10.1. The van der Waals surface area contributed by atoms with E-state index in [0.717, 1.165) is 28.9 Å². The molecule has 13 heteroatoms. The minimum Gasteiger partial charge on any atom is -0.493 e. The summed E-state index contributed by atoms with van der Waals surface area (Å²) in [5.74, 6) is 0.985. The number of methoxy groups -OCH3 is 2. The first kappa shape index (κ1) is 35.2. The number of amides is 2. The molecular weight excluding hydrogens is 702 g/mol. The van der Waals surface area contributed by atoms with Gasteiger partial charge in [0.1, 0.15) is 13.2 Å². The van der Waals surface area contributed by atoms with Gasteiger partial charge in [0.2, 0.25) is 0 Å². The first-order chi connectivity index (χ1) is 26.8. The van der Waals surface area contributed by atoms with Crippen molar-refractivity contribution in [3.8, 4) is 23.0 Å². The van der Waals surface area contributed by atoms with Crippen LogP contribution in [0.2, 0.25) is 0 Å². The number of non-ortho nitro benzene ring substituents is 1. The number of nitro groups is 1. The van der Waals surface area contributed by atoms with E-state index in [4.69, 9.17) is 18.9 Å². The van der Waals surface area contributed by atoms with Gasteiger partial charge < -0.3 is 29.2 Å². The van der Waals surface area contributed by atoms with Gasteiger partial charge in [-0.25, -0.2) is 0 Å². The highest BCUT2D eigenvalue weighted by Gasteiger charge is 2.36. The second kappa shape index (κ2) is 14.5. The molecular formula is C42H37N5O8. The Morgan fingerprint density at radius 1 is 0.855 bits per heavy atom. The monoisotopic (exact) mass is 739 g/mol. The van der Waals surface area contributed by atoms with Crippen LogP contribution < -0.4 is 34.1 Å². The van der Waals surface area contributed by atoms with E-state index in [1.807, 2.05) is 48.5 Å². The Balaban J connectivity index is 1.01. The molecule has 0 saturated heterocycles. The minimum absolute atomic E-state index is 0.0409. The van der Waals surface area contributed by atoms with Crippen LogP contribution in [0.1, 0.15) is 43.0 Å². The van der Waals surface area contributed by atoms with Gasteiger partial charge in [0, 0.05) is 61.9 Å². The number of fused-ring (bicyclic) bond motifs is 5. The van der Waals surface area contributed by atoms with Crippen LogP contribution in [0, 0.1) is 10.1 Å². The quantitative estimate of drug-likeness (QED) is 0.109. The van der Waals surface area contributed by atoms with Crippen LogP contribution in [-0.4, -0.2) is 56.8 Å². The van der Waals surface area contributed by atoms with Gasteiger partial charge in [-0.15, -0.1) is 0 Å². The Bertz CT molecular complexity index is 2390. The summed E-state index contributed by atoms with van der Waals surface area (Å²) in [7, 11) is 4.69. The molecule has 5 aromatic rings. The van der Waals surface area contributed by atoms with Crippen molar-refractivity contribution in [1.29, 1.82) is 0 Å². The predicted octanol–water partition coefficient (Wildman–Crippen LogP) is 7.30. The Morgan fingerprint density at radius 2 is 1.51 bits per heavy atom. The van der Waals surface area contributed by atoms with Crippen molar-refractivity contribution in [2.75, 3.05) is 42.9 Å². The fourth-order valence-corrected chi connectivity index (χ4v) is 7.44. The SMILES string of the molecule is CNc1cc(OCc2cc(COc3cc4c(cc3OC)C(=O)N3c5ccccc5C[C@H]3C=N4)cc([N+](=O)[O-])c2)c(OC)cc1C(=O)N1CCc2ccccc21. The number of ether oxygens (including phenoxy) is 4. The predicted molar refractivity (Wildman–Crippen MR) is 208 cm³/mol. The summed E-state index contributed by atoms with van der Waals surface area (Å²) in [6.07, 6.45) is 3.22. The average molecular weight is 740 g/mol. The third kappa shape index (κ3) is 6.54. The van der Waals surface area contributed by atoms with Crippen LogP contribution in [0.3, 0.4) is 0 Å². The van der Waals surface area contributed by atoms with Gasteiger partial charge in [-0.1, -0.05) is 36.4 Å². The molecule has 5 aromatic carbocycles. The molecule has 0 unspecified atom stereocenters. The molecule has 0 radical (unpaired) electrons. The zero-order valence-electron chi connectivity index (χ0n) is 30.4. The number of anilines is 3. The molecule has 0 aliphatic carbocycles. The lowest BCUT2D eigenvalue weighted by Crippen LogP contribution is -2.37. The summed E-state index contributed by atoms with van der Waals surface area (Å²) in [6.45, 7) is 0.482. The van der Waals surface area contributed by atoms with Gasteiger partial charge in [0.05, 0.1) is 47.7 Å². The molecule has 3 heterocycles. The maximum absolute atomic E-state index is 13.8. The lowest BCUT2D eigenvalue weighted by molar-refractivity contribution is -0.385. The van der Waals surface area contributed by atoms with E-state index in [2.05, 4.69) is 10.3 Å². The van der Waals surface area contributed by atoms with E-state index >= 15 is 0 Å². The number of nitrogens with one attached hydrogen (secondary N) is 1. The molecule has 0 bridgehead atoms. The Kier molecular flexibility index (Phi) is 9.27. The number of hydrogen-bond donors (Lipinski definition) is 1. The van der Waals surface area contributed by atoms with Crippen LogP contribution in [0.15, 0.2) is 96.0 Å². The number of nitrogens with zero attached hydrogens (tertiary/aromatic N) is 4. The van der Waals surface area contributed by atoms with Gasteiger partial charge in [0.15, 0.2) is 23.0 Å². The number of rotatable bonds is 11. The molecule has 55 heavy (non-hydrogen) atoms. The Morgan fingerprint density at radius 3 is 2.20 bits per heavy atom. The van der Waals surface area contributed by atoms with E-state index in [1.54, 1.807) is 53.4 Å². The highest BCUT2D eigenvalue weighted by atomic mass is 16.6. The van der Waals surface area contributed by atoms with Crippen LogP contribution in [0.5, 0.6) is 23.0 Å². The van der Waals surface area contributed by atoms with Crippen molar-refractivity contribution < 1.29 is 33.5 Å². The number of benzene rings is 5. The summed E-state index contributed by atoms with van der Waals surface area (Å²) in [6, 6.07) is 26.7. The molecule has 278 valence electrons. The molecule has 0 aromatic heterocycles. The molecule has 0 saturated carbocycles. The van der Waals surface area contributed by atoms with Gasteiger partial charge in [-0.05, 0) is 59.0 Å². The molecule has 8 rings (SSSR count). The van der Waals surface area contributed by atoms with E-state index in [1.165, 1.54) is 26.4 Å². The van der Waals surface area contributed by atoms with Gasteiger partial charge >= 0.3 is 0 Å². The van der Waals surface area contributed by atoms with Crippen LogP contribution >= 0.6 is 0 Å². The number of aliphatic imine (C=N–C) groups is 1. The number of carbonyl (C=O) groups is 2. The largest absolute Gasteiger partial charge is 0.493 e. The third-order valence-corrected chi connectivity index (χ3v) is 10.1. The standard InChI is InChI=1S/C42H37N5O8/c1-43-33-20-39(37(52-2)18-31(33)41(48)45-13-12-27-8-4-6-10-35(27)45)54-23-25-14-26(16-29(15-25)47(50)51)24-55-40-21-34-32(19-38(40)53-3)42(49)46-30(22-44-34)17-28-9-5-7-11-36(28)46/h4-11,14-16,18-22,30,43H,12-13,17,23-24H2,1-3H3/t30-/m0/s1. The molecule has 3 aliphatic heterocycles. The smallest absolute Gasteiger partial charge is 0.270 e. The molecule has 13 nitrogen and oxygen atoms in total. The van der Waals surface area contributed by atoms with E-state index < -0.39 is 4.92 Å². The van der Waals surface area contributed by atoms with Crippen LogP contribution in [-0.2, 0) is 26.1 Å². The second-order valence-corrected chi connectivity index (χ2v) is 13.4. The summed E-state index contributed by atoms with van der Waals surface area (Å²) < 4.78 is 23.6. The second-order valence-electron chi connectivity index (χ2n) is 13.4. The van der Waals surface area contributed by atoms with Gasteiger partial charge in [-0.2, -0.15) is 0 Å². The van der Waals surface area contributed by atoms with Crippen LogP contribution in [0.4, 0.5) is 28.4 Å². The Hall–Kier alpha value is -6.89. The minimum atomic E-state index is -0.475. The molecule has 1 N–H and O–H groups in total. The number of para-hydroxylation sites is 2. The zero-order valence-corrected chi connectivity index (χ0v) is 30.4. The normalized spacial score (nSPS) is 15.0.